The van der Waals surface area contributed by atoms with Crippen molar-refractivity contribution in [2.45, 2.75) is 44.7 Å². The molecule has 0 aromatic carbocycles. The van der Waals surface area contributed by atoms with Crippen LogP contribution in [0.5, 0.6) is 0 Å². The molecule has 0 aromatic heterocycles. The molecule has 140 valence electrons. The molecule has 0 aliphatic carbocycles. The fourth-order valence-corrected chi connectivity index (χ4v) is 1.45. The normalized spacial score (nSPS) is 15.1. The summed E-state index contributed by atoms with van der Waals surface area (Å²) in [6.45, 7) is 2.26. The molecule has 2 atom stereocenters. The van der Waals surface area contributed by atoms with Crippen LogP contribution in [0.1, 0.15) is 33.6 Å². The van der Waals surface area contributed by atoms with E-state index in [9.17, 15) is 27.6 Å². The SMILES string of the molecule is CCOC(=O)C(CCOC(=O)C(C)(Cl)CC)C(=O)OCC(F)(F)F. The van der Waals surface area contributed by atoms with E-state index in [1.807, 2.05) is 0 Å². The summed E-state index contributed by atoms with van der Waals surface area (Å²) in [7, 11) is 0. The van der Waals surface area contributed by atoms with Crippen molar-refractivity contribution in [1.82, 2.24) is 0 Å². The van der Waals surface area contributed by atoms with Gasteiger partial charge in [0.2, 0.25) is 0 Å². The monoisotopic (exact) mass is 376 g/mol. The van der Waals surface area contributed by atoms with Gasteiger partial charge in [-0.3, -0.25) is 14.4 Å². The number of carbonyl (C=O) groups is 3. The largest absolute Gasteiger partial charge is 0.465 e. The number of hydrogen-bond donors (Lipinski definition) is 0. The first-order chi connectivity index (χ1) is 10.9. The molecule has 10 heteroatoms. The minimum atomic E-state index is -4.72. The van der Waals surface area contributed by atoms with Gasteiger partial charge in [-0.2, -0.15) is 13.2 Å². The van der Waals surface area contributed by atoms with Crippen molar-refractivity contribution in [1.29, 1.82) is 0 Å². The lowest BCUT2D eigenvalue weighted by Gasteiger charge is -2.19. The smallest absolute Gasteiger partial charge is 0.422 e. The topological polar surface area (TPSA) is 78.9 Å². The third kappa shape index (κ3) is 8.37. The molecule has 0 rings (SSSR count). The summed E-state index contributed by atoms with van der Waals surface area (Å²) in [5, 5.41) is 0. The van der Waals surface area contributed by atoms with Crippen molar-refractivity contribution in [3.05, 3.63) is 0 Å². The van der Waals surface area contributed by atoms with Crippen LogP contribution in [0.25, 0.3) is 0 Å². The lowest BCUT2D eigenvalue weighted by Crippen LogP contribution is -2.34. The second-order valence-corrected chi connectivity index (χ2v) is 5.84. The van der Waals surface area contributed by atoms with E-state index in [-0.39, 0.29) is 19.4 Å². The van der Waals surface area contributed by atoms with Crippen LogP contribution in [0.15, 0.2) is 0 Å². The Morgan fingerprint density at radius 2 is 1.58 bits per heavy atom. The number of rotatable bonds is 9. The Bertz CT molecular complexity index is 450. The van der Waals surface area contributed by atoms with Gasteiger partial charge in [-0.05, 0) is 20.3 Å². The van der Waals surface area contributed by atoms with Crippen molar-refractivity contribution < 1.29 is 41.8 Å². The number of carbonyl (C=O) groups excluding carboxylic acids is 3. The summed E-state index contributed by atoms with van der Waals surface area (Å²) in [5.74, 6) is -4.84. The van der Waals surface area contributed by atoms with Gasteiger partial charge >= 0.3 is 24.1 Å². The maximum absolute atomic E-state index is 12.1. The van der Waals surface area contributed by atoms with Crippen LogP contribution in [0.2, 0.25) is 0 Å². The van der Waals surface area contributed by atoms with E-state index < -0.39 is 48.1 Å². The Balaban J connectivity index is 4.71. The fourth-order valence-electron chi connectivity index (χ4n) is 1.39. The Labute approximate surface area is 142 Å². The molecule has 24 heavy (non-hydrogen) atoms. The fraction of sp³-hybridized carbons (Fsp3) is 0.786. The van der Waals surface area contributed by atoms with E-state index in [1.165, 1.54) is 13.8 Å². The zero-order valence-corrected chi connectivity index (χ0v) is 14.3. The van der Waals surface area contributed by atoms with Crippen LogP contribution in [0.4, 0.5) is 13.2 Å². The number of esters is 3. The molecule has 0 aliphatic rings. The zero-order valence-electron chi connectivity index (χ0n) is 13.6. The molecule has 0 spiro atoms. The van der Waals surface area contributed by atoms with Gasteiger partial charge in [-0.1, -0.05) is 6.92 Å². The van der Waals surface area contributed by atoms with E-state index in [2.05, 4.69) is 9.47 Å². The van der Waals surface area contributed by atoms with Crippen LogP contribution in [0, 0.1) is 5.92 Å². The molecular formula is C14H20ClF3O6. The first-order valence-corrected chi connectivity index (χ1v) is 7.58. The number of hydrogen-bond acceptors (Lipinski definition) is 6. The van der Waals surface area contributed by atoms with Crippen molar-refractivity contribution in [2.24, 2.45) is 5.92 Å². The first-order valence-electron chi connectivity index (χ1n) is 7.20. The van der Waals surface area contributed by atoms with Crippen LogP contribution < -0.4 is 0 Å². The maximum Gasteiger partial charge on any atom is 0.422 e. The van der Waals surface area contributed by atoms with Gasteiger partial charge in [0.1, 0.15) is 4.87 Å². The van der Waals surface area contributed by atoms with Gasteiger partial charge in [-0.25, -0.2) is 0 Å². The van der Waals surface area contributed by atoms with Gasteiger partial charge in [0.15, 0.2) is 12.5 Å². The predicted molar refractivity (Wildman–Crippen MR) is 77.3 cm³/mol. The van der Waals surface area contributed by atoms with Gasteiger partial charge in [-0.15, -0.1) is 11.6 Å². The van der Waals surface area contributed by atoms with E-state index in [0.29, 0.717) is 0 Å². The second-order valence-electron chi connectivity index (χ2n) is 5.00. The molecule has 0 amide bonds. The third-order valence-corrected chi connectivity index (χ3v) is 3.38. The zero-order chi connectivity index (χ0) is 19.0. The molecule has 0 saturated heterocycles. The molecule has 0 aliphatic heterocycles. The van der Waals surface area contributed by atoms with E-state index in [4.69, 9.17) is 16.3 Å². The molecule has 0 fully saturated rings. The van der Waals surface area contributed by atoms with Gasteiger partial charge in [0, 0.05) is 6.42 Å². The van der Waals surface area contributed by atoms with E-state index in [0.717, 1.165) is 0 Å². The predicted octanol–water partition coefficient (Wildman–Crippen LogP) is 2.61. The lowest BCUT2D eigenvalue weighted by atomic mass is 10.1. The molecule has 6 nitrogen and oxygen atoms in total. The summed E-state index contributed by atoms with van der Waals surface area (Å²) >= 11 is 5.88. The highest BCUT2D eigenvalue weighted by atomic mass is 35.5. The highest BCUT2D eigenvalue weighted by Crippen LogP contribution is 2.21. The van der Waals surface area contributed by atoms with Gasteiger partial charge in [0.05, 0.1) is 13.2 Å². The summed E-state index contributed by atoms with van der Waals surface area (Å²) in [6, 6.07) is 0. The van der Waals surface area contributed by atoms with Crippen LogP contribution >= 0.6 is 11.6 Å². The van der Waals surface area contributed by atoms with Crippen LogP contribution in [-0.4, -0.2) is 48.8 Å². The number of alkyl halides is 4. The Morgan fingerprint density at radius 3 is 2.04 bits per heavy atom. The first kappa shape index (κ1) is 22.5. The number of halogens is 4. The highest BCUT2D eigenvalue weighted by molar-refractivity contribution is 6.33. The van der Waals surface area contributed by atoms with E-state index in [1.54, 1.807) is 6.92 Å². The summed E-state index contributed by atoms with van der Waals surface area (Å²) in [5.41, 5.74) is 0. The maximum atomic E-state index is 12.1. The average molecular weight is 377 g/mol. The van der Waals surface area contributed by atoms with E-state index >= 15 is 0 Å². The second kappa shape index (κ2) is 9.71. The summed E-state index contributed by atoms with van der Waals surface area (Å²) < 4.78 is 49.7. The van der Waals surface area contributed by atoms with Crippen molar-refractivity contribution in [3.8, 4) is 0 Å². The molecule has 0 N–H and O–H groups in total. The van der Waals surface area contributed by atoms with Gasteiger partial charge < -0.3 is 14.2 Å². The Kier molecular flexibility index (Phi) is 9.09. The molecular weight excluding hydrogens is 357 g/mol. The minimum Gasteiger partial charge on any atom is -0.465 e. The third-order valence-electron chi connectivity index (χ3n) is 2.96. The van der Waals surface area contributed by atoms with Crippen molar-refractivity contribution in [3.63, 3.8) is 0 Å². The highest BCUT2D eigenvalue weighted by Gasteiger charge is 2.36. The van der Waals surface area contributed by atoms with Crippen LogP contribution in [0.3, 0.4) is 0 Å². The average Bonchev–Trinajstić information content (AvgIpc) is 2.48. The molecule has 2 unspecified atom stereocenters. The summed E-state index contributed by atoms with van der Waals surface area (Å²) in [6.07, 6.45) is -4.82. The molecule has 0 aromatic rings. The molecule has 0 radical (unpaired) electrons. The standard InChI is InChI=1S/C14H20ClF3O6/c1-4-13(3,15)12(21)23-7-6-9(10(19)22-5-2)11(20)24-8-14(16,17)18/h9H,4-8H2,1-3H3. The van der Waals surface area contributed by atoms with Crippen molar-refractivity contribution in [2.75, 3.05) is 19.8 Å². The van der Waals surface area contributed by atoms with Crippen LogP contribution in [-0.2, 0) is 28.6 Å². The molecule has 0 bridgehead atoms. The lowest BCUT2D eigenvalue weighted by molar-refractivity contribution is -0.192. The number of ether oxygens (including phenoxy) is 3. The quantitative estimate of drug-likeness (QED) is 0.266. The molecule has 0 heterocycles. The van der Waals surface area contributed by atoms with Gasteiger partial charge in [0.25, 0.3) is 0 Å². The molecule has 0 saturated carbocycles. The van der Waals surface area contributed by atoms with Crippen molar-refractivity contribution >= 4 is 29.5 Å². The minimum absolute atomic E-state index is 0.0722. The Morgan fingerprint density at radius 1 is 1.04 bits per heavy atom. The summed E-state index contributed by atoms with van der Waals surface area (Å²) in [4.78, 5) is 33.7. The Hall–Kier alpha value is -1.51.